The maximum absolute atomic E-state index is 12.5. The summed E-state index contributed by atoms with van der Waals surface area (Å²) in [5, 5.41) is 9.05. The lowest BCUT2D eigenvalue weighted by atomic mass is 9.98. The lowest BCUT2D eigenvalue weighted by Crippen LogP contribution is -2.60. The van der Waals surface area contributed by atoms with Crippen LogP contribution in [0, 0.1) is 0 Å². The predicted octanol–water partition coefficient (Wildman–Crippen LogP) is 0.701. The standard InChI is InChI=1S/C14H16N2O5/c17-12-8-15(7-11-9(14(19)20)4-6-21-11)13(18)10-3-1-2-5-16(10)12/h4,6,10H,1-3,5,7-8H2,(H,19,20). The summed E-state index contributed by atoms with van der Waals surface area (Å²) >= 11 is 0. The van der Waals surface area contributed by atoms with Gasteiger partial charge in [-0.05, 0) is 25.3 Å². The van der Waals surface area contributed by atoms with Crippen LogP contribution >= 0.6 is 0 Å². The summed E-state index contributed by atoms with van der Waals surface area (Å²) in [6.07, 6.45) is 3.80. The molecule has 3 rings (SSSR count). The minimum Gasteiger partial charge on any atom is -0.478 e. The van der Waals surface area contributed by atoms with E-state index >= 15 is 0 Å². The van der Waals surface area contributed by atoms with Crippen LogP contribution in [0.4, 0.5) is 0 Å². The van der Waals surface area contributed by atoms with Gasteiger partial charge in [-0.1, -0.05) is 0 Å². The average Bonchev–Trinajstić information content (AvgIpc) is 2.93. The van der Waals surface area contributed by atoms with Gasteiger partial charge in [-0.3, -0.25) is 9.59 Å². The molecular formula is C14H16N2O5. The Morgan fingerprint density at radius 2 is 2.19 bits per heavy atom. The summed E-state index contributed by atoms with van der Waals surface area (Å²) in [7, 11) is 0. The van der Waals surface area contributed by atoms with Gasteiger partial charge in [0.05, 0.1) is 12.8 Å². The minimum absolute atomic E-state index is 0.0174. The van der Waals surface area contributed by atoms with E-state index in [9.17, 15) is 14.4 Å². The number of carboxylic acids is 1. The highest BCUT2D eigenvalue weighted by molar-refractivity contribution is 5.95. The predicted molar refractivity (Wildman–Crippen MR) is 70.4 cm³/mol. The molecule has 0 spiro atoms. The largest absolute Gasteiger partial charge is 0.478 e. The first kappa shape index (κ1) is 13.7. The Kier molecular flexibility index (Phi) is 3.40. The van der Waals surface area contributed by atoms with Crippen LogP contribution in [0.3, 0.4) is 0 Å². The number of piperidine rings is 1. The molecule has 7 heteroatoms. The molecule has 7 nitrogen and oxygen atoms in total. The van der Waals surface area contributed by atoms with Crippen molar-refractivity contribution in [1.29, 1.82) is 0 Å². The number of hydrogen-bond acceptors (Lipinski definition) is 4. The third-order valence-electron chi connectivity index (χ3n) is 4.06. The Morgan fingerprint density at radius 3 is 2.95 bits per heavy atom. The highest BCUT2D eigenvalue weighted by Crippen LogP contribution is 2.25. The van der Waals surface area contributed by atoms with Crippen molar-refractivity contribution in [2.24, 2.45) is 0 Å². The van der Waals surface area contributed by atoms with E-state index in [-0.39, 0.29) is 36.2 Å². The number of aromatic carboxylic acids is 1. The molecule has 2 saturated heterocycles. The zero-order valence-corrected chi connectivity index (χ0v) is 11.4. The quantitative estimate of drug-likeness (QED) is 0.885. The van der Waals surface area contributed by atoms with Crippen LogP contribution in [0.15, 0.2) is 16.7 Å². The van der Waals surface area contributed by atoms with E-state index in [4.69, 9.17) is 9.52 Å². The molecule has 0 bridgehead atoms. The first-order chi connectivity index (χ1) is 10.1. The molecule has 1 unspecified atom stereocenters. The van der Waals surface area contributed by atoms with Gasteiger partial charge < -0.3 is 19.3 Å². The van der Waals surface area contributed by atoms with Crippen LogP contribution in [-0.4, -0.2) is 51.8 Å². The van der Waals surface area contributed by atoms with Gasteiger partial charge in [0.15, 0.2) is 0 Å². The van der Waals surface area contributed by atoms with E-state index in [1.165, 1.54) is 17.2 Å². The third kappa shape index (κ3) is 2.39. The summed E-state index contributed by atoms with van der Waals surface area (Å²) in [5.41, 5.74) is 0.0290. The minimum atomic E-state index is -1.10. The van der Waals surface area contributed by atoms with Crippen molar-refractivity contribution in [3.63, 3.8) is 0 Å². The maximum Gasteiger partial charge on any atom is 0.339 e. The molecule has 0 aromatic carbocycles. The second kappa shape index (κ2) is 5.23. The molecule has 21 heavy (non-hydrogen) atoms. The summed E-state index contributed by atoms with van der Waals surface area (Å²) in [5.74, 6) is -1.11. The van der Waals surface area contributed by atoms with E-state index in [1.54, 1.807) is 4.90 Å². The van der Waals surface area contributed by atoms with Crippen molar-refractivity contribution in [3.05, 3.63) is 23.7 Å². The van der Waals surface area contributed by atoms with Gasteiger partial charge in [-0.2, -0.15) is 0 Å². The Labute approximate surface area is 121 Å². The number of carboxylic acid groups (broad SMARTS) is 1. The molecular weight excluding hydrogens is 276 g/mol. The molecule has 2 aliphatic rings. The Bertz CT molecular complexity index is 594. The second-order valence-electron chi connectivity index (χ2n) is 5.36. The van der Waals surface area contributed by atoms with Crippen LogP contribution in [0.25, 0.3) is 0 Å². The highest BCUT2D eigenvalue weighted by atomic mass is 16.4. The summed E-state index contributed by atoms with van der Waals surface area (Å²) < 4.78 is 5.15. The number of furan rings is 1. The van der Waals surface area contributed by atoms with Crippen molar-refractivity contribution in [2.75, 3.05) is 13.1 Å². The molecule has 2 aliphatic heterocycles. The van der Waals surface area contributed by atoms with Crippen LogP contribution in [-0.2, 0) is 16.1 Å². The summed E-state index contributed by atoms with van der Waals surface area (Å²) in [6, 6.07) is 0.948. The van der Waals surface area contributed by atoms with Crippen LogP contribution in [0.5, 0.6) is 0 Å². The number of nitrogens with zero attached hydrogens (tertiary/aromatic N) is 2. The van der Waals surface area contributed by atoms with Crippen molar-refractivity contribution in [1.82, 2.24) is 9.80 Å². The van der Waals surface area contributed by atoms with Crippen molar-refractivity contribution in [2.45, 2.75) is 31.8 Å². The Morgan fingerprint density at radius 1 is 1.38 bits per heavy atom. The zero-order valence-electron chi connectivity index (χ0n) is 11.4. The van der Waals surface area contributed by atoms with Crippen molar-refractivity contribution in [3.8, 4) is 0 Å². The number of hydrogen-bond donors (Lipinski definition) is 1. The van der Waals surface area contributed by atoms with Crippen molar-refractivity contribution >= 4 is 17.8 Å². The van der Waals surface area contributed by atoms with Gasteiger partial charge >= 0.3 is 5.97 Å². The second-order valence-corrected chi connectivity index (χ2v) is 5.36. The third-order valence-corrected chi connectivity index (χ3v) is 4.06. The number of rotatable bonds is 3. The highest BCUT2D eigenvalue weighted by Gasteiger charge is 2.40. The fourth-order valence-electron chi connectivity index (χ4n) is 2.99. The normalized spacial score (nSPS) is 22.4. The van der Waals surface area contributed by atoms with Crippen LogP contribution < -0.4 is 0 Å². The Hall–Kier alpha value is -2.31. The number of amides is 2. The van der Waals surface area contributed by atoms with E-state index in [1.807, 2.05) is 0 Å². The lowest BCUT2D eigenvalue weighted by molar-refractivity contribution is -0.158. The van der Waals surface area contributed by atoms with Gasteiger partial charge in [0.2, 0.25) is 11.8 Å². The number of piperazine rings is 1. The number of carbonyl (C=O) groups excluding carboxylic acids is 2. The molecule has 1 aromatic rings. The monoisotopic (exact) mass is 292 g/mol. The lowest BCUT2D eigenvalue weighted by Gasteiger charge is -2.42. The summed E-state index contributed by atoms with van der Waals surface area (Å²) in [6.45, 7) is 0.628. The topological polar surface area (TPSA) is 91.1 Å². The fourth-order valence-corrected chi connectivity index (χ4v) is 2.99. The molecule has 3 heterocycles. The number of carbonyl (C=O) groups is 3. The molecule has 112 valence electrons. The van der Waals surface area contributed by atoms with Crippen LogP contribution in [0.1, 0.15) is 35.4 Å². The molecule has 1 atom stereocenters. The summed E-state index contributed by atoms with van der Waals surface area (Å²) in [4.78, 5) is 38.7. The fraction of sp³-hybridized carbons (Fsp3) is 0.500. The van der Waals surface area contributed by atoms with Crippen LogP contribution in [0.2, 0.25) is 0 Å². The molecule has 1 N–H and O–H groups in total. The smallest absolute Gasteiger partial charge is 0.339 e. The maximum atomic E-state index is 12.5. The average molecular weight is 292 g/mol. The molecule has 2 fully saturated rings. The number of fused-ring (bicyclic) bond motifs is 1. The zero-order chi connectivity index (χ0) is 15.0. The van der Waals surface area contributed by atoms with E-state index in [0.717, 1.165) is 12.8 Å². The first-order valence-electron chi connectivity index (χ1n) is 6.96. The van der Waals surface area contributed by atoms with E-state index in [0.29, 0.717) is 13.0 Å². The molecule has 0 saturated carbocycles. The Balaban J connectivity index is 1.79. The molecule has 2 amide bonds. The van der Waals surface area contributed by atoms with E-state index in [2.05, 4.69) is 0 Å². The SMILES string of the molecule is O=C(O)c1ccoc1CN1CC(=O)N2CCCCC2C1=O. The van der Waals surface area contributed by atoms with Crippen molar-refractivity contribution < 1.29 is 23.9 Å². The van der Waals surface area contributed by atoms with Gasteiger partial charge in [0, 0.05) is 6.54 Å². The molecule has 1 aromatic heterocycles. The first-order valence-corrected chi connectivity index (χ1v) is 6.96. The molecule has 0 aliphatic carbocycles. The van der Waals surface area contributed by atoms with Gasteiger partial charge in [-0.15, -0.1) is 0 Å². The van der Waals surface area contributed by atoms with Gasteiger partial charge in [-0.25, -0.2) is 4.79 Å². The van der Waals surface area contributed by atoms with E-state index < -0.39 is 12.0 Å². The molecule has 0 radical (unpaired) electrons. The van der Waals surface area contributed by atoms with Gasteiger partial charge in [0.1, 0.15) is 23.9 Å². The van der Waals surface area contributed by atoms with Gasteiger partial charge in [0.25, 0.3) is 0 Å².